The highest BCUT2D eigenvalue weighted by atomic mass is 79.9. The van der Waals surface area contributed by atoms with Gasteiger partial charge in [0.05, 0.1) is 0 Å². The molecule has 1 aromatic rings. The van der Waals surface area contributed by atoms with Gasteiger partial charge in [-0.2, -0.15) is 0 Å². The van der Waals surface area contributed by atoms with Crippen molar-refractivity contribution in [1.82, 2.24) is 0 Å². The normalized spacial score (nSPS) is 29.5. The quantitative estimate of drug-likeness (QED) is 0.825. The topological polar surface area (TPSA) is 26.0 Å². The fourth-order valence-electron chi connectivity index (χ4n) is 3.03. The van der Waals surface area contributed by atoms with Gasteiger partial charge in [-0.1, -0.05) is 20.8 Å². The lowest BCUT2D eigenvalue weighted by atomic mass is 9.67. The number of thiophene rings is 1. The van der Waals surface area contributed by atoms with Gasteiger partial charge in [-0.15, -0.1) is 11.3 Å². The standard InChI is InChI=1S/C15H24BrNS/c1-15(2,3)11-4-5-14(17)10(6-11)7-13-8-12(16)9-18-13/h8-11,14H,4-7,17H2,1-3H3. The summed E-state index contributed by atoms with van der Waals surface area (Å²) in [6.07, 6.45) is 4.94. The maximum atomic E-state index is 6.33. The SMILES string of the molecule is CC(C)(C)C1CCC(N)C(Cc2cc(Br)cs2)C1. The summed E-state index contributed by atoms with van der Waals surface area (Å²) in [7, 11) is 0. The Labute approximate surface area is 123 Å². The van der Waals surface area contributed by atoms with E-state index < -0.39 is 0 Å². The summed E-state index contributed by atoms with van der Waals surface area (Å²) < 4.78 is 1.21. The van der Waals surface area contributed by atoms with Gasteiger partial charge in [0.2, 0.25) is 0 Å². The van der Waals surface area contributed by atoms with Gasteiger partial charge < -0.3 is 5.73 Å². The first-order valence-corrected chi connectivity index (χ1v) is 8.52. The lowest BCUT2D eigenvalue weighted by molar-refractivity contribution is 0.127. The molecule has 1 aliphatic carbocycles. The molecule has 1 saturated carbocycles. The molecule has 1 aromatic heterocycles. The Morgan fingerprint density at radius 1 is 1.39 bits per heavy atom. The molecule has 1 aliphatic rings. The lowest BCUT2D eigenvalue weighted by Gasteiger charge is -2.40. The lowest BCUT2D eigenvalue weighted by Crippen LogP contribution is -2.40. The third kappa shape index (κ3) is 3.58. The monoisotopic (exact) mass is 329 g/mol. The minimum Gasteiger partial charge on any atom is -0.327 e. The molecule has 0 spiro atoms. The molecule has 18 heavy (non-hydrogen) atoms. The van der Waals surface area contributed by atoms with Gasteiger partial charge in [0.15, 0.2) is 0 Å². The van der Waals surface area contributed by atoms with Crippen LogP contribution in [0.2, 0.25) is 0 Å². The maximum absolute atomic E-state index is 6.33. The van der Waals surface area contributed by atoms with E-state index in [0.29, 0.717) is 17.4 Å². The molecule has 2 N–H and O–H groups in total. The van der Waals surface area contributed by atoms with Crippen molar-refractivity contribution in [2.75, 3.05) is 0 Å². The van der Waals surface area contributed by atoms with Crippen LogP contribution in [0.3, 0.4) is 0 Å². The smallest absolute Gasteiger partial charge is 0.0285 e. The summed E-state index contributed by atoms with van der Waals surface area (Å²) in [5.41, 5.74) is 6.76. The van der Waals surface area contributed by atoms with E-state index in [1.165, 1.54) is 28.6 Å². The van der Waals surface area contributed by atoms with Crippen LogP contribution in [0, 0.1) is 17.3 Å². The van der Waals surface area contributed by atoms with Crippen LogP contribution in [0.4, 0.5) is 0 Å². The Morgan fingerprint density at radius 3 is 2.67 bits per heavy atom. The first-order chi connectivity index (χ1) is 8.36. The average molecular weight is 330 g/mol. The van der Waals surface area contributed by atoms with Crippen LogP contribution in [-0.4, -0.2) is 6.04 Å². The van der Waals surface area contributed by atoms with E-state index in [0.717, 1.165) is 12.3 Å². The van der Waals surface area contributed by atoms with Crippen molar-refractivity contribution in [2.24, 2.45) is 23.0 Å². The van der Waals surface area contributed by atoms with Crippen molar-refractivity contribution in [3.8, 4) is 0 Å². The number of hydrogen-bond donors (Lipinski definition) is 1. The van der Waals surface area contributed by atoms with Crippen molar-refractivity contribution in [2.45, 2.75) is 52.5 Å². The van der Waals surface area contributed by atoms with Crippen molar-refractivity contribution < 1.29 is 0 Å². The summed E-state index contributed by atoms with van der Waals surface area (Å²) in [6.45, 7) is 7.11. The van der Waals surface area contributed by atoms with Crippen LogP contribution >= 0.6 is 27.3 Å². The predicted octanol–water partition coefficient (Wildman–Crippen LogP) is 4.84. The number of rotatable bonds is 2. The zero-order valence-corrected chi connectivity index (χ0v) is 14.0. The molecular formula is C15H24BrNS. The Morgan fingerprint density at radius 2 is 2.11 bits per heavy atom. The van der Waals surface area contributed by atoms with Crippen molar-refractivity contribution in [1.29, 1.82) is 0 Å². The molecule has 102 valence electrons. The number of nitrogens with two attached hydrogens (primary N) is 1. The zero-order valence-electron chi connectivity index (χ0n) is 11.6. The second kappa shape index (κ2) is 5.64. The second-order valence-corrected chi connectivity index (χ2v) is 8.65. The van der Waals surface area contributed by atoms with Crippen molar-refractivity contribution in [3.63, 3.8) is 0 Å². The molecule has 1 nitrogen and oxygen atoms in total. The van der Waals surface area contributed by atoms with Gasteiger partial charge in [0.25, 0.3) is 0 Å². The van der Waals surface area contributed by atoms with E-state index >= 15 is 0 Å². The van der Waals surface area contributed by atoms with E-state index in [1.54, 1.807) is 0 Å². The largest absolute Gasteiger partial charge is 0.327 e. The summed E-state index contributed by atoms with van der Waals surface area (Å²) >= 11 is 5.39. The third-order valence-electron chi connectivity index (χ3n) is 4.35. The molecular weight excluding hydrogens is 306 g/mol. The summed E-state index contributed by atoms with van der Waals surface area (Å²) in [4.78, 5) is 1.47. The van der Waals surface area contributed by atoms with E-state index in [1.807, 2.05) is 11.3 Å². The predicted molar refractivity (Wildman–Crippen MR) is 84.0 cm³/mol. The fourth-order valence-corrected chi connectivity index (χ4v) is 4.57. The highest BCUT2D eigenvalue weighted by Gasteiger charge is 2.34. The molecule has 0 radical (unpaired) electrons. The highest BCUT2D eigenvalue weighted by molar-refractivity contribution is 9.10. The maximum Gasteiger partial charge on any atom is 0.0285 e. The van der Waals surface area contributed by atoms with Gasteiger partial charge in [-0.25, -0.2) is 0 Å². The second-order valence-electron chi connectivity index (χ2n) is 6.74. The first kappa shape index (κ1) is 14.5. The van der Waals surface area contributed by atoms with Crippen LogP contribution in [0.5, 0.6) is 0 Å². The molecule has 0 amide bonds. The van der Waals surface area contributed by atoms with Gasteiger partial charge in [-0.3, -0.25) is 0 Å². The number of halogens is 1. The van der Waals surface area contributed by atoms with Gasteiger partial charge in [0, 0.05) is 20.8 Å². The molecule has 0 bridgehead atoms. The first-order valence-electron chi connectivity index (χ1n) is 6.84. The van der Waals surface area contributed by atoms with Crippen molar-refractivity contribution in [3.05, 3.63) is 20.8 Å². The summed E-state index contributed by atoms with van der Waals surface area (Å²) in [6, 6.07) is 2.64. The minimum absolute atomic E-state index is 0.393. The zero-order chi connectivity index (χ0) is 13.3. The van der Waals surface area contributed by atoms with Gasteiger partial charge in [-0.05, 0) is 64.9 Å². The number of hydrogen-bond acceptors (Lipinski definition) is 2. The van der Waals surface area contributed by atoms with Gasteiger partial charge in [0.1, 0.15) is 0 Å². The van der Waals surface area contributed by atoms with Crippen LogP contribution in [-0.2, 0) is 6.42 Å². The average Bonchev–Trinajstić information content (AvgIpc) is 2.66. The molecule has 0 saturated heterocycles. The molecule has 1 fully saturated rings. The highest BCUT2D eigenvalue weighted by Crippen LogP contribution is 2.41. The summed E-state index contributed by atoms with van der Waals surface area (Å²) in [5, 5.41) is 2.17. The van der Waals surface area contributed by atoms with E-state index in [4.69, 9.17) is 5.73 Å². The molecule has 2 rings (SSSR count). The Hall–Kier alpha value is 0.140. The molecule has 3 heteroatoms. The minimum atomic E-state index is 0.393. The van der Waals surface area contributed by atoms with Crippen LogP contribution < -0.4 is 5.73 Å². The third-order valence-corrected chi connectivity index (χ3v) is 6.07. The van der Waals surface area contributed by atoms with Crippen LogP contribution in [0.1, 0.15) is 44.9 Å². The fraction of sp³-hybridized carbons (Fsp3) is 0.733. The molecule has 3 atom stereocenters. The molecule has 1 heterocycles. The molecule has 0 aliphatic heterocycles. The Bertz CT molecular complexity index is 393. The Kier molecular flexibility index (Phi) is 4.56. The van der Waals surface area contributed by atoms with Crippen molar-refractivity contribution >= 4 is 27.3 Å². The van der Waals surface area contributed by atoms with Crippen LogP contribution in [0.25, 0.3) is 0 Å². The van der Waals surface area contributed by atoms with E-state index in [9.17, 15) is 0 Å². The van der Waals surface area contributed by atoms with E-state index in [2.05, 4.69) is 48.1 Å². The van der Waals surface area contributed by atoms with Gasteiger partial charge >= 0.3 is 0 Å². The Balaban J connectivity index is 2.02. The summed E-state index contributed by atoms with van der Waals surface area (Å²) in [5.74, 6) is 1.49. The van der Waals surface area contributed by atoms with Crippen LogP contribution in [0.15, 0.2) is 15.9 Å². The van der Waals surface area contributed by atoms with E-state index in [-0.39, 0.29) is 0 Å². The molecule has 3 unspecified atom stereocenters. The molecule has 0 aromatic carbocycles.